The molecule has 1 aromatic heterocycles. The average Bonchev–Trinajstić information content (AvgIpc) is 3.02. The molecule has 0 atom stereocenters. The molecule has 1 N–H and O–H groups in total. The second-order valence-electron chi connectivity index (χ2n) is 7.06. The zero-order valence-electron chi connectivity index (χ0n) is 16.6. The Balaban J connectivity index is 1.60. The summed E-state index contributed by atoms with van der Waals surface area (Å²) in [6.45, 7) is 8.03. The van der Waals surface area contributed by atoms with Crippen molar-refractivity contribution in [2.24, 2.45) is 0 Å². The molecule has 3 rings (SSSR count). The average molecular weight is 393 g/mol. The largest absolute Gasteiger partial charge is 0.302 e. The van der Waals surface area contributed by atoms with E-state index in [2.05, 4.69) is 10.3 Å². The van der Waals surface area contributed by atoms with Gasteiger partial charge in [-0.3, -0.25) is 9.59 Å². The van der Waals surface area contributed by atoms with Crippen molar-refractivity contribution in [3.63, 3.8) is 0 Å². The number of benzene rings is 2. The number of carbonyl (C=O) groups excluding carboxylic acids is 2. The number of aromatic nitrogens is 1. The molecule has 0 saturated heterocycles. The second kappa shape index (κ2) is 8.48. The van der Waals surface area contributed by atoms with Gasteiger partial charge in [0.15, 0.2) is 10.9 Å². The molecule has 0 aliphatic heterocycles. The quantitative estimate of drug-likeness (QED) is 0.552. The first-order valence-electron chi connectivity index (χ1n) is 9.28. The summed E-state index contributed by atoms with van der Waals surface area (Å²) in [5.41, 5.74) is 5.99. The van der Waals surface area contributed by atoms with E-state index in [9.17, 15) is 9.59 Å². The molecule has 5 heteroatoms. The third-order valence-electron chi connectivity index (χ3n) is 4.78. The normalized spacial score (nSPS) is 10.7. The van der Waals surface area contributed by atoms with Gasteiger partial charge in [-0.25, -0.2) is 4.98 Å². The Morgan fingerprint density at radius 2 is 1.64 bits per heavy atom. The first-order valence-corrected chi connectivity index (χ1v) is 10.1. The van der Waals surface area contributed by atoms with Crippen LogP contribution in [0.5, 0.6) is 0 Å². The number of thiazole rings is 1. The maximum atomic E-state index is 12.3. The lowest BCUT2D eigenvalue weighted by molar-refractivity contribution is -0.116. The number of aryl methyl sites for hydroxylation is 4. The fourth-order valence-corrected chi connectivity index (χ4v) is 3.75. The van der Waals surface area contributed by atoms with Gasteiger partial charge in [0, 0.05) is 28.8 Å². The molecule has 0 aliphatic carbocycles. The van der Waals surface area contributed by atoms with Crippen LogP contribution in [-0.4, -0.2) is 16.7 Å². The van der Waals surface area contributed by atoms with Crippen LogP contribution in [0, 0.1) is 27.7 Å². The van der Waals surface area contributed by atoms with Gasteiger partial charge in [-0.05, 0) is 44.9 Å². The molecular formula is C23H24N2O2S. The van der Waals surface area contributed by atoms with Crippen molar-refractivity contribution in [3.05, 3.63) is 69.6 Å². The summed E-state index contributed by atoms with van der Waals surface area (Å²) in [4.78, 5) is 30.2. The highest BCUT2D eigenvalue weighted by molar-refractivity contribution is 7.16. The number of hydrogen-bond donors (Lipinski definition) is 1. The highest BCUT2D eigenvalue weighted by Gasteiger charge is 2.14. The van der Waals surface area contributed by atoms with Gasteiger partial charge in [0.05, 0.1) is 5.69 Å². The minimum Gasteiger partial charge on any atom is -0.302 e. The predicted octanol–water partition coefficient (Wildman–Crippen LogP) is 5.65. The Kier molecular flexibility index (Phi) is 6.05. The number of nitrogens with zero attached hydrogens (tertiary/aromatic N) is 1. The van der Waals surface area contributed by atoms with E-state index in [4.69, 9.17) is 0 Å². The molecule has 0 bridgehead atoms. The summed E-state index contributed by atoms with van der Waals surface area (Å²) in [6.07, 6.45) is 0.327. The summed E-state index contributed by atoms with van der Waals surface area (Å²) >= 11 is 1.45. The van der Waals surface area contributed by atoms with Gasteiger partial charge in [0.2, 0.25) is 5.91 Å². The molecule has 0 radical (unpaired) electrons. The van der Waals surface area contributed by atoms with Crippen molar-refractivity contribution in [2.75, 3.05) is 5.32 Å². The summed E-state index contributed by atoms with van der Waals surface area (Å²) in [7, 11) is 0. The molecule has 0 aliphatic rings. The van der Waals surface area contributed by atoms with Gasteiger partial charge in [0.1, 0.15) is 0 Å². The van der Waals surface area contributed by atoms with E-state index in [1.54, 1.807) is 0 Å². The van der Waals surface area contributed by atoms with Crippen molar-refractivity contribution < 1.29 is 9.59 Å². The van der Waals surface area contributed by atoms with Crippen LogP contribution in [0.4, 0.5) is 5.13 Å². The Morgan fingerprint density at radius 1 is 0.929 bits per heavy atom. The van der Waals surface area contributed by atoms with E-state index in [0.717, 1.165) is 27.3 Å². The Morgan fingerprint density at radius 3 is 2.32 bits per heavy atom. The number of nitrogens with one attached hydrogen (secondary N) is 1. The van der Waals surface area contributed by atoms with Crippen LogP contribution in [0.25, 0.3) is 11.3 Å². The number of Topliss-reactive ketones (excluding diaryl/α,β-unsaturated/α-hetero) is 1. The van der Waals surface area contributed by atoms with E-state index in [-0.39, 0.29) is 24.5 Å². The number of anilines is 1. The molecule has 2 aromatic carbocycles. The summed E-state index contributed by atoms with van der Waals surface area (Å²) in [5, 5.41) is 3.39. The molecule has 0 spiro atoms. The van der Waals surface area contributed by atoms with E-state index in [1.165, 1.54) is 16.9 Å². The second-order valence-corrected chi connectivity index (χ2v) is 8.26. The SMILES string of the molecule is Cc1ccc(-c2nc(NC(=O)CCC(=O)c3ccc(C)c(C)c3)sc2C)cc1. The number of amides is 1. The topological polar surface area (TPSA) is 59.1 Å². The van der Waals surface area contributed by atoms with Gasteiger partial charge >= 0.3 is 0 Å². The van der Waals surface area contributed by atoms with Crippen LogP contribution in [0.2, 0.25) is 0 Å². The van der Waals surface area contributed by atoms with Crippen molar-refractivity contribution >= 4 is 28.2 Å². The van der Waals surface area contributed by atoms with E-state index < -0.39 is 0 Å². The molecule has 28 heavy (non-hydrogen) atoms. The van der Waals surface area contributed by atoms with Crippen molar-refractivity contribution in [1.82, 2.24) is 4.98 Å². The lowest BCUT2D eigenvalue weighted by Gasteiger charge is -2.05. The summed E-state index contributed by atoms with van der Waals surface area (Å²) < 4.78 is 0. The van der Waals surface area contributed by atoms with Crippen LogP contribution in [-0.2, 0) is 4.79 Å². The van der Waals surface area contributed by atoms with Crippen LogP contribution < -0.4 is 5.32 Å². The summed E-state index contributed by atoms with van der Waals surface area (Å²) in [5.74, 6) is -0.213. The molecule has 4 nitrogen and oxygen atoms in total. The minimum atomic E-state index is -0.193. The van der Waals surface area contributed by atoms with Gasteiger partial charge < -0.3 is 5.32 Å². The molecule has 0 saturated carbocycles. The lowest BCUT2D eigenvalue weighted by atomic mass is 10.0. The maximum Gasteiger partial charge on any atom is 0.226 e. The third kappa shape index (κ3) is 4.73. The van der Waals surface area contributed by atoms with Crippen molar-refractivity contribution in [1.29, 1.82) is 0 Å². The van der Waals surface area contributed by atoms with E-state index in [0.29, 0.717) is 10.7 Å². The van der Waals surface area contributed by atoms with Crippen LogP contribution in [0.15, 0.2) is 42.5 Å². The molecule has 1 heterocycles. The number of rotatable bonds is 6. The first kappa shape index (κ1) is 20.0. The standard InChI is InChI=1S/C23H24N2O2S/c1-14-5-8-18(9-6-14)22-17(4)28-23(25-22)24-21(27)12-11-20(26)19-10-7-15(2)16(3)13-19/h5-10,13H,11-12H2,1-4H3,(H,24,25,27). The highest BCUT2D eigenvalue weighted by atomic mass is 32.1. The zero-order valence-corrected chi connectivity index (χ0v) is 17.4. The monoisotopic (exact) mass is 392 g/mol. The zero-order chi connectivity index (χ0) is 20.3. The first-order chi connectivity index (χ1) is 13.3. The Bertz CT molecular complexity index is 1020. The van der Waals surface area contributed by atoms with Gasteiger partial charge in [-0.2, -0.15) is 0 Å². The molecular weight excluding hydrogens is 368 g/mol. The van der Waals surface area contributed by atoms with Gasteiger partial charge in [0.25, 0.3) is 0 Å². The summed E-state index contributed by atoms with van der Waals surface area (Å²) in [6, 6.07) is 13.8. The number of hydrogen-bond acceptors (Lipinski definition) is 4. The fourth-order valence-electron chi connectivity index (χ4n) is 2.90. The highest BCUT2D eigenvalue weighted by Crippen LogP contribution is 2.30. The van der Waals surface area contributed by atoms with Crippen molar-refractivity contribution in [2.45, 2.75) is 40.5 Å². The Hall–Kier alpha value is -2.79. The number of ketones is 1. The van der Waals surface area contributed by atoms with Crippen LogP contribution in [0.3, 0.4) is 0 Å². The van der Waals surface area contributed by atoms with Gasteiger partial charge in [-0.1, -0.05) is 42.0 Å². The Labute approximate surface area is 169 Å². The maximum absolute atomic E-state index is 12.3. The third-order valence-corrected chi connectivity index (χ3v) is 5.66. The minimum absolute atomic E-state index is 0.0195. The number of carbonyl (C=O) groups is 2. The molecule has 0 unspecified atom stereocenters. The molecule has 1 amide bonds. The lowest BCUT2D eigenvalue weighted by Crippen LogP contribution is -2.13. The molecule has 3 aromatic rings. The van der Waals surface area contributed by atoms with Gasteiger partial charge in [-0.15, -0.1) is 11.3 Å². The molecule has 144 valence electrons. The smallest absolute Gasteiger partial charge is 0.226 e. The molecule has 0 fully saturated rings. The van der Waals surface area contributed by atoms with Crippen LogP contribution >= 0.6 is 11.3 Å². The van der Waals surface area contributed by atoms with Crippen molar-refractivity contribution in [3.8, 4) is 11.3 Å². The van der Waals surface area contributed by atoms with E-state index in [1.807, 2.05) is 70.2 Å². The predicted molar refractivity (Wildman–Crippen MR) is 115 cm³/mol. The fraction of sp³-hybridized carbons (Fsp3) is 0.261. The van der Waals surface area contributed by atoms with Crippen LogP contribution in [0.1, 0.15) is 44.8 Å². The van der Waals surface area contributed by atoms with E-state index >= 15 is 0 Å².